The molecule has 5 nitrogen and oxygen atoms in total. The van der Waals surface area contributed by atoms with Crippen LogP contribution in [0.4, 0.5) is 0 Å². The average Bonchev–Trinajstić information content (AvgIpc) is 2.87. The lowest BCUT2D eigenvalue weighted by atomic mass is 9.93. The number of hydrogen-bond acceptors (Lipinski definition) is 2. The normalized spacial score (nSPS) is 30.6. The van der Waals surface area contributed by atoms with Gasteiger partial charge in [-0.25, -0.2) is 4.98 Å². The summed E-state index contributed by atoms with van der Waals surface area (Å²) in [4.78, 5) is 11.1. The Bertz CT molecular complexity index is 511. The molecule has 1 saturated carbocycles. The molecule has 124 valence electrons. The summed E-state index contributed by atoms with van der Waals surface area (Å²) < 4.78 is 2.24. The summed E-state index contributed by atoms with van der Waals surface area (Å²) in [7, 11) is 1.89. The van der Waals surface area contributed by atoms with Gasteiger partial charge in [0, 0.05) is 38.6 Å². The molecule has 3 unspecified atom stereocenters. The summed E-state index contributed by atoms with van der Waals surface area (Å²) in [6.45, 7) is 9.04. The van der Waals surface area contributed by atoms with Gasteiger partial charge in [-0.05, 0) is 24.2 Å². The predicted molar refractivity (Wildman–Crippen MR) is 101 cm³/mol. The molecule has 3 atom stereocenters. The fourth-order valence-corrected chi connectivity index (χ4v) is 3.26. The van der Waals surface area contributed by atoms with Crippen LogP contribution in [0, 0.1) is 11.3 Å². The molecule has 0 amide bonds. The Morgan fingerprint density at radius 3 is 2.68 bits per heavy atom. The van der Waals surface area contributed by atoms with E-state index in [9.17, 15) is 0 Å². The van der Waals surface area contributed by atoms with Crippen LogP contribution in [0.3, 0.4) is 0 Å². The summed E-state index contributed by atoms with van der Waals surface area (Å²) >= 11 is 0. The van der Waals surface area contributed by atoms with Crippen LogP contribution in [-0.2, 0) is 0 Å². The fraction of sp³-hybridized carbons (Fsp3) is 0.750. The van der Waals surface area contributed by atoms with Crippen LogP contribution < -0.4 is 5.32 Å². The van der Waals surface area contributed by atoms with Crippen LogP contribution >= 0.6 is 24.0 Å². The molecule has 2 heterocycles. The van der Waals surface area contributed by atoms with Gasteiger partial charge in [-0.15, -0.1) is 24.0 Å². The molecule has 2 fully saturated rings. The molecule has 0 spiro atoms. The predicted octanol–water partition coefficient (Wildman–Crippen LogP) is 2.76. The van der Waals surface area contributed by atoms with Crippen LogP contribution in [0.5, 0.6) is 0 Å². The first-order valence-corrected chi connectivity index (χ1v) is 7.97. The second-order valence-electron chi connectivity index (χ2n) is 7.23. The van der Waals surface area contributed by atoms with Gasteiger partial charge in [0.2, 0.25) is 0 Å². The molecule has 1 aliphatic carbocycles. The summed E-state index contributed by atoms with van der Waals surface area (Å²) in [6.07, 6.45) is 8.31. The van der Waals surface area contributed by atoms with E-state index >= 15 is 0 Å². The minimum Gasteiger partial charge on any atom is -0.353 e. The van der Waals surface area contributed by atoms with Crippen molar-refractivity contribution in [3.05, 3.63) is 18.7 Å². The highest BCUT2D eigenvalue weighted by atomic mass is 127. The fourth-order valence-electron chi connectivity index (χ4n) is 3.26. The third kappa shape index (κ3) is 3.58. The number of rotatable bonds is 2. The molecule has 0 aromatic carbocycles. The molecular weight excluding hydrogens is 389 g/mol. The van der Waals surface area contributed by atoms with Crippen molar-refractivity contribution >= 4 is 29.9 Å². The van der Waals surface area contributed by atoms with Gasteiger partial charge in [-0.2, -0.15) is 0 Å². The van der Waals surface area contributed by atoms with E-state index in [0.717, 1.165) is 19.0 Å². The Morgan fingerprint density at radius 1 is 1.41 bits per heavy atom. The highest BCUT2D eigenvalue weighted by molar-refractivity contribution is 14.0. The van der Waals surface area contributed by atoms with Crippen molar-refractivity contribution in [3.63, 3.8) is 0 Å². The maximum absolute atomic E-state index is 4.50. The zero-order valence-corrected chi connectivity index (χ0v) is 16.3. The first-order chi connectivity index (χ1) is 10.0. The molecule has 3 rings (SSSR count). The minimum absolute atomic E-state index is 0. The Kier molecular flexibility index (Phi) is 5.40. The SMILES string of the molecule is CN=C(NC1CC1(C)C)N1CCC(C)C(n2ccnc2)C1.I. The van der Waals surface area contributed by atoms with Crippen molar-refractivity contribution in [2.45, 2.75) is 45.7 Å². The number of likely N-dealkylation sites (tertiary alicyclic amines) is 1. The number of halogens is 1. The summed E-state index contributed by atoms with van der Waals surface area (Å²) in [5, 5.41) is 3.63. The molecule has 6 heteroatoms. The largest absolute Gasteiger partial charge is 0.353 e. The Hall–Kier alpha value is -0.790. The van der Waals surface area contributed by atoms with Crippen LogP contribution in [-0.4, -0.2) is 46.6 Å². The zero-order chi connectivity index (χ0) is 15.0. The maximum Gasteiger partial charge on any atom is 0.193 e. The quantitative estimate of drug-likeness (QED) is 0.457. The Morgan fingerprint density at radius 2 is 2.14 bits per heavy atom. The standard InChI is InChI=1S/C16H27N5.HI/c1-12-5-7-20(10-13(12)21-8-6-18-11-21)15(17-4)19-14-9-16(14,2)3;/h6,8,11-14H,5,7,9-10H2,1-4H3,(H,17,19);1H. The van der Waals surface area contributed by atoms with Crippen LogP contribution in [0.2, 0.25) is 0 Å². The Labute approximate surface area is 150 Å². The minimum atomic E-state index is 0. The molecule has 2 aliphatic rings. The van der Waals surface area contributed by atoms with E-state index in [1.807, 2.05) is 19.6 Å². The molecule has 1 saturated heterocycles. The van der Waals surface area contributed by atoms with E-state index in [1.54, 1.807) is 0 Å². The van der Waals surface area contributed by atoms with Gasteiger partial charge in [-0.1, -0.05) is 20.8 Å². The van der Waals surface area contributed by atoms with Crippen molar-refractivity contribution < 1.29 is 0 Å². The monoisotopic (exact) mass is 417 g/mol. The number of nitrogens with one attached hydrogen (secondary N) is 1. The van der Waals surface area contributed by atoms with E-state index in [0.29, 0.717) is 23.4 Å². The van der Waals surface area contributed by atoms with Gasteiger partial charge in [0.25, 0.3) is 0 Å². The van der Waals surface area contributed by atoms with Gasteiger partial charge < -0.3 is 14.8 Å². The highest BCUT2D eigenvalue weighted by Crippen LogP contribution is 2.44. The Balaban J connectivity index is 0.00000176. The molecule has 0 radical (unpaired) electrons. The van der Waals surface area contributed by atoms with Crippen molar-refractivity contribution in [3.8, 4) is 0 Å². The third-order valence-electron chi connectivity index (χ3n) is 5.15. The second-order valence-corrected chi connectivity index (χ2v) is 7.23. The average molecular weight is 417 g/mol. The molecule has 1 aliphatic heterocycles. The number of guanidine groups is 1. The lowest BCUT2D eigenvalue weighted by Crippen LogP contribution is -2.49. The number of nitrogens with zero attached hydrogens (tertiary/aromatic N) is 4. The molecule has 1 aromatic rings. The molecule has 1 aromatic heterocycles. The number of hydrogen-bond donors (Lipinski definition) is 1. The molecule has 0 bridgehead atoms. The highest BCUT2D eigenvalue weighted by Gasteiger charge is 2.46. The van der Waals surface area contributed by atoms with Gasteiger partial charge in [0.1, 0.15) is 0 Å². The molecule has 22 heavy (non-hydrogen) atoms. The van der Waals surface area contributed by atoms with Crippen molar-refractivity contribution in [1.29, 1.82) is 0 Å². The van der Waals surface area contributed by atoms with Crippen LogP contribution in [0.25, 0.3) is 0 Å². The van der Waals surface area contributed by atoms with Crippen molar-refractivity contribution in [2.24, 2.45) is 16.3 Å². The van der Waals surface area contributed by atoms with Crippen molar-refractivity contribution in [1.82, 2.24) is 19.8 Å². The van der Waals surface area contributed by atoms with Crippen LogP contribution in [0.15, 0.2) is 23.7 Å². The van der Waals surface area contributed by atoms with Gasteiger partial charge >= 0.3 is 0 Å². The lowest BCUT2D eigenvalue weighted by molar-refractivity contribution is 0.188. The number of aromatic nitrogens is 2. The number of imidazole rings is 1. The first-order valence-electron chi connectivity index (χ1n) is 7.97. The summed E-state index contributed by atoms with van der Waals surface area (Å²) in [5.74, 6) is 1.73. The van der Waals surface area contributed by atoms with E-state index < -0.39 is 0 Å². The smallest absolute Gasteiger partial charge is 0.193 e. The maximum atomic E-state index is 4.50. The summed E-state index contributed by atoms with van der Waals surface area (Å²) in [6, 6.07) is 1.05. The number of aliphatic imine (C=N–C) groups is 1. The summed E-state index contributed by atoms with van der Waals surface area (Å²) in [5.41, 5.74) is 0.419. The van der Waals surface area contributed by atoms with E-state index in [1.165, 1.54) is 12.8 Å². The first kappa shape index (κ1) is 17.6. The van der Waals surface area contributed by atoms with Crippen LogP contribution in [0.1, 0.15) is 39.7 Å². The second kappa shape index (κ2) is 6.76. The van der Waals surface area contributed by atoms with E-state index in [4.69, 9.17) is 0 Å². The third-order valence-corrected chi connectivity index (χ3v) is 5.15. The van der Waals surface area contributed by atoms with Gasteiger partial charge in [-0.3, -0.25) is 4.99 Å². The molecular formula is C16H28IN5. The van der Waals surface area contributed by atoms with Gasteiger partial charge in [0.15, 0.2) is 5.96 Å². The molecule has 1 N–H and O–H groups in total. The topological polar surface area (TPSA) is 45.5 Å². The van der Waals surface area contributed by atoms with Crippen molar-refractivity contribution in [2.75, 3.05) is 20.1 Å². The lowest BCUT2D eigenvalue weighted by Gasteiger charge is -2.39. The van der Waals surface area contributed by atoms with E-state index in [-0.39, 0.29) is 24.0 Å². The number of piperidine rings is 1. The zero-order valence-electron chi connectivity index (χ0n) is 14.0. The van der Waals surface area contributed by atoms with E-state index in [2.05, 4.69) is 51.7 Å². The van der Waals surface area contributed by atoms with Gasteiger partial charge in [0.05, 0.1) is 12.4 Å².